The molecule has 0 bridgehead atoms. The molecule has 0 atom stereocenters. The largest absolute Gasteiger partial charge is 0.494 e. The Morgan fingerprint density at radius 1 is 1.47 bits per heavy atom. The molecule has 1 aromatic rings. The first kappa shape index (κ1) is 13.6. The standard InChI is InChI=1S/C13H18N2O4/c1-2-19-13-8-11(7-12(9-13)15(17)18)14(5-6-16)10-3-4-10/h7-10,16H,2-6H2,1H3. The predicted octanol–water partition coefficient (Wildman–Crippen LogP) is 1.95. The Kier molecular flexibility index (Phi) is 4.21. The molecule has 6 nitrogen and oxygen atoms in total. The van der Waals surface area contributed by atoms with Crippen molar-refractivity contribution in [2.45, 2.75) is 25.8 Å². The summed E-state index contributed by atoms with van der Waals surface area (Å²) in [5.41, 5.74) is 0.763. The molecule has 1 fully saturated rings. The summed E-state index contributed by atoms with van der Waals surface area (Å²) in [7, 11) is 0. The number of aliphatic hydroxyl groups excluding tert-OH is 1. The molecule has 1 aliphatic carbocycles. The molecule has 0 amide bonds. The van der Waals surface area contributed by atoms with Crippen molar-refractivity contribution in [3.63, 3.8) is 0 Å². The van der Waals surface area contributed by atoms with Crippen molar-refractivity contribution in [3.8, 4) is 5.75 Å². The molecule has 2 rings (SSSR count). The maximum atomic E-state index is 11.0. The normalized spacial score (nSPS) is 14.2. The van der Waals surface area contributed by atoms with E-state index >= 15 is 0 Å². The molecule has 0 spiro atoms. The van der Waals surface area contributed by atoms with Crippen molar-refractivity contribution in [2.75, 3.05) is 24.7 Å². The lowest BCUT2D eigenvalue weighted by Crippen LogP contribution is -2.28. The number of anilines is 1. The predicted molar refractivity (Wildman–Crippen MR) is 71.7 cm³/mol. The van der Waals surface area contributed by atoms with Gasteiger partial charge in [-0.25, -0.2) is 0 Å². The van der Waals surface area contributed by atoms with E-state index in [2.05, 4.69) is 0 Å². The number of nitro groups is 1. The molecular formula is C13H18N2O4. The second kappa shape index (κ2) is 5.88. The summed E-state index contributed by atoms with van der Waals surface area (Å²) >= 11 is 0. The van der Waals surface area contributed by atoms with Gasteiger partial charge in [0.25, 0.3) is 5.69 Å². The van der Waals surface area contributed by atoms with Crippen molar-refractivity contribution >= 4 is 11.4 Å². The fourth-order valence-electron chi connectivity index (χ4n) is 2.11. The van der Waals surface area contributed by atoms with E-state index in [1.807, 2.05) is 11.8 Å². The Hall–Kier alpha value is -1.82. The van der Waals surface area contributed by atoms with Gasteiger partial charge in [-0.1, -0.05) is 0 Å². The Morgan fingerprint density at radius 3 is 2.74 bits per heavy atom. The first-order valence-corrected chi connectivity index (χ1v) is 6.45. The van der Waals surface area contributed by atoms with Crippen LogP contribution in [0, 0.1) is 10.1 Å². The fourth-order valence-corrected chi connectivity index (χ4v) is 2.11. The van der Waals surface area contributed by atoms with Crippen molar-refractivity contribution in [1.82, 2.24) is 0 Å². The summed E-state index contributed by atoms with van der Waals surface area (Å²) in [4.78, 5) is 12.5. The number of nitrogens with zero attached hydrogens (tertiary/aromatic N) is 2. The van der Waals surface area contributed by atoms with E-state index in [0.717, 1.165) is 18.5 Å². The van der Waals surface area contributed by atoms with Gasteiger partial charge in [0.2, 0.25) is 0 Å². The van der Waals surface area contributed by atoms with E-state index in [1.165, 1.54) is 12.1 Å². The molecule has 6 heteroatoms. The third-order valence-electron chi connectivity index (χ3n) is 3.06. The molecule has 0 aromatic heterocycles. The fraction of sp³-hybridized carbons (Fsp3) is 0.538. The van der Waals surface area contributed by atoms with Gasteiger partial charge in [-0.15, -0.1) is 0 Å². The molecule has 1 N–H and O–H groups in total. The lowest BCUT2D eigenvalue weighted by Gasteiger charge is -2.24. The van der Waals surface area contributed by atoms with E-state index < -0.39 is 4.92 Å². The molecule has 0 saturated heterocycles. The van der Waals surface area contributed by atoms with E-state index in [1.54, 1.807) is 6.07 Å². The average Bonchev–Trinajstić information content (AvgIpc) is 3.20. The lowest BCUT2D eigenvalue weighted by atomic mass is 10.2. The molecule has 19 heavy (non-hydrogen) atoms. The number of ether oxygens (including phenoxy) is 1. The smallest absolute Gasteiger partial charge is 0.275 e. The van der Waals surface area contributed by atoms with Crippen molar-refractivity contribution in [2.24, 2.45) is 0 Å². The summed E-state index contributed by atoms with van der Waals surface area (Å²) in [5.74, 6) is 0.496. The van der Waals surface area contributed by atoms with Gasteiger partial charge in [0.15, 0.2) is 0 Å². The van der Waals surface area contributed by atoms with Gasteiger partial charge in [-0.3, -0.25) is 10.1 Å². The Morgan fingerprint density at radius 2 is 2.21 bits per heavy atom. The third-order valence-corrected chi connectivity index (χ3v) is 3.06. The quantitative estimate of drug-likeness (QED) is 0.603. The molecule has 104 valence electrons. The molecule has 0 unspecified atom stereocenters. The van der Waals surface area contributed by atoms with Crippen molar-refractivity contribution in [3.05, 3.63) is 28.3 Å². The zero-order valence-electron chi connectivity index (χ0n) is 10.9. The van der Waals surface area contributed by atoms with Crippen molar-refractivity contribution < 1.29 is 14.8 Å². The van der Waals surface area contributed by atoms with Crippen LogP contribution in [0.5, 0.6) is 5.75 Å². The molecule has 0 radical (unpaired) electrons. The van der Waals surface area contributed by atoms with Gasteiger partial charge in [0.1, 0.15) is 5.75 Å². The molecule has 0 aliphatic heterocycles. The zero-order chi connectivity index (χ0) is 13.8. The SMILES string of the molecule is CCOc1cc(N(CCO)C2CC2)cc([N+](=O)[O-])c1. The van der Waals surface area contributed by atoms with Crippen LogP contribution >= 0.6 is 0 Å². The second-order valence-electron chi connectivity index (χ2n) is 4.52. The summed E-state index contributed by atoms with van der Waals surface area (Å²) < 4.78 is 5.37. The molecule has 0 heterocycles. The second-order valence-corrected chi connectivity index (χ2v) is 4.52. The number of benzene rings is 1. The first-order chi connectivity index (χ1) is 9.15. The lowest BCUT2D eigenvalue weighted by molar-refractivity contribution is -0.384. The van der Waals surface area contributed by atoms with Gasteiger partial charge in [0.05, 0.1) is 24.2 Å². The Balaban J connectivity index is 2.33. The number of hydrogen-bond donors (Lipinski definition) is 1. The van der Waals surface area contributed by atoms with Gasteiger partial charge in [0, 0.05) is 30.4 Å². The van der Waals surface area contributed by atoms with Gasteiger partial charge < -0.3 is 14.7 Å². The van der Waals surface area contributed by atoms with Crippen molar-refractivity contribution in [1.29, 1.82) is 0 Å². The van der Waals surface area contributed by atoms with E-state index in [4.69, 9.17) is 9.84 Å². The highest BCUT2D eigenvalue weighted by atomic mass is 16.6. The summed E-state index contributed by atoms with van der Waals surface area (Å²) in [6.45, 7) is 2.81. The molecule has 1 aliphatic rings. The van der Waals surface area contributed by atoms with Gasteiger partial charge in [-0.2, -0.15) is 0 Å². The highest BCUT2D eigenvalue weighted by Crippen LogP contribution is 2.35. The number of nitro benzene ring substituents is 1. The summed E-state index contributed by atoms with van der Waals surface area (Å²) in [6, 6.07) is 5.14. The van der Waals surface area contributed by atoms with E-state index in [9.17, 15) is 10.1 Å². The monoisotopic (exact) mass is 266 g/mol. The van der Waals surface area contributed by atoms with Crippen LogP contribution in [0.2, 0.25) is 0 Å². The summed E-state index contributed by atoms with van der Waals surface area (Å²) in [5, 5.41) is 20.1. The Bertz CT molecular complexity index is 460. The van der Waals surface area contributed by atoms with Crippen LogP contribution in [0.25, 0.3) is 0 Å². The number of rotatable bonds is 7. The maximum absolute atomic E-state index is 11.0. The number of hydrogen-bond acceptors (Lipinski definition) is 5. The molecule has 1 saturated carbocycles. The van der Waals surface area contributed by atoms with Crippen LogP contribution < -0.4 is 9.64 Å². The van der Waals surface area contributed by atoms with Gasteiger partial charge in [-0.05, 0) is 19.8 Å². The minimum absolute atomic E-state index is 0.0181. The zero-order valence-corrected chi connectivity index (χ0v) is 10.9. The Labute approximate surface area is 111 Å². The van der Waals surface area contributed by atoms with Crippen LogP contribution in [-0.2, 0) is 0 Å². The number of non-ortho nitro benzene ring substituents is 1. The highest BCUT2D eigenvalue weighted by molar-refractivity contribution is 5.59. The minimum atomic E-state index is -0.421. The minimum Gasteiger partial charge on any atom is -0.494 e. The highest BCUT2D eigenvalue weighted by Gasteiger charge is 2.30. The molecule has 1 aromatic carbocycles. The average molecular weight is 266 g/mol. The number of aliphatic hydroxyl groups is 1. The van der Waals surface area contributed by atoms with Crippen LogP contribution in [0.1, 0.15) is 19.8 Å². The van der Waals surface area contributed by atoms with Crippen LogP contribution in [-0.4, -0.2) is 35.8 Å². The maximum Gasteiger partial charge on any atom is 0.275 e. The van der Waals surface area contributed by atoms with Crippen LogP contribution in [0.3, 0.4) is 0 Å². The third kappa shape index (κ3) is 3.35. The summed E-state index contributed by atoms with van der Waals surface area (Å²) in [6.07, 6.45) is 2.12. The van der Waals surface area contributed by atoms with Crippen LogP contribution in [0.15, 0.2) is 18.2 Å². The first-order valence-electron chi connectivity index (χ1n) is 6.45. The van der Waals surface area contributed by atoms with E-state index in [0.29, 0.717) is 24.9 Å². The van der Waals surface area contributed by atoms with E-state index in [-0.39, 0.29) is 12.3 Å². The van der Waals surface area contributed by atoms with Crippen LogP contribution in [0.4, 0.5) is 11.4 Å². The molecular weight excluding hydrogens is 248 g/mol. The topological polar surface area (TPSA) is 75.8 Å². The van der Waals surface area contributed by atoms with Gasteiger partial charge >= 0.3 is 0 Å².